The molecule has 0 radical (unpaired) electrons. The number of pyridine rings is 2. The first kappa shape index (κ1) is 15.8. The van der Waals surface area contributed by atoms with Crippen molar-refractivity contribution in [2.24, 2.45) is 0 Å². The topological polar surface area (TPSA) is 79.5 Å². The molecule has 0 amide bonds. The molecule has 3 aliphatic heterocycles. The number of nitrogens with zero attached hydrogens (tertiary/aromatic N) is 4. The number of nitrogen functional groups attached to an aromatic ring is 1. The molecule has 3 saturated heterocycles. The zero-order valence-electron chi connectivity index (χ0n) is 14.8. The summed E-state index contributed by atoms with van der Waals surface area (Å²) in [5, 5.41) is 3.33. The molecule has 0 aromatic carbocycles. The number of likely N-dealkylation sites (tertiary alicyclic amines) is 1. The van der Waals surface area contributed by atoms with E-state index in [-0.39, 0.29) is 0 Å². The number of anilines is 4. The normalized spacial score (nSPS) is 21.0. The molecule has 0 bridgehead atoms. The van der Waals surface area contributed by atoms with Gasteiger partial charge in [0.15, 0.2) is 0 Å². The first-order valence-corrected chi connectivity index (χ1v) is 9.32. The molecule has 136 valence electrons. The van der Waals surface area contributed by atoms with Crippen LogP contribution in [0, 0.1) is 0 Å². The third-order valence-corrected chi connectivity index (χ3v) is 5.57. The van der Waals surface area contributed by atoms with Gasteiger partial charge < -0.3 is 20.7 Å². The van der Waals surface area contributed by atoms with Crippen LogP contribution in [-0.2, 0) is 4.74 Å². The highest BCUT2D eigenvalue weighted by atomic mass is 16.5. The van der Waals surface area contributed by atoms with E-state index in [1.54, 1.807) is 12.3 Å². The Morgan fingerprint density at radius 1 is 1.12 bits per heavy atom. The number of hydrogen-bond donors (Lipinski definition) is 2. The fourth-order valence-electron chi connectivity index (χ4n) is 3.65. The van der Waals surface area contributed by atoms with Crippen molar-refractivity contribution in [2.75, 3.05) is 55.3 Å². The lowest BCUT2D eigenvalue weighted by molar-refractivity contribution is -0.0906. The molecule has 0 aliphatic carbocycles. The second kappa shape index (κ2) is 6.41. The standard InChI is InChI=1S/C19H24N6O/c20-15-2-3-21-17(8-15)22-18-6-13(7-19(23-18)24-4-1-5-24)14-9-25(10-14)16-11-26-12-16/h2-3,6-8,14,16H,1,4-5,9-12H2,(H3,20,21,22,23). The van der Waals surface area contributed by atoms with E-state index < -0.39 is 0 Å². The lowest BCUT2D eigenvalue weighted by Crippen LogP contribution is -2.58. The Morgan fingerprint density at radius 2 is 1.96 bits per heavy atom. The van der Waals surface area contributed by atoms with Gasteiger partial charge in [-0.3, -0.25) is 4.90 Å². The SMILES string of the molecule is Nc1ccnc(Nc2cc(C3CN(C4COC4)C3)cc(N3CCC3)n2)c1. The molecule has 26 heavy (non-hydrogen) atoms. The van der Waals surface area contributed by atoms with Crippen molar-refractivity contribution >= 4 is 23.1 Å². The average Bonchev–Trinajstić information content (AvgIpc) is 2.46. The zero-order valence-corrected chi connectivity index (χ0v) is 14.8. The van der Waals surface area contributed by atoms with Crippen molar-refractivity contribution in [1.29, 1.82) is 0 Å². The van der Waals surface area contributed by atoms with Gasteiger partial charge in [0.05, 0.1) is 19.3 Å². The van der Waals surface area contributed by atoms with Crippen LogP contribution < -0.4 is 16.0 Å². The van der Waals surface area contributed by atoms with E-state index in [9.17, 15) is 0 Å². The maximum Gasteiger partial charge on any atom is 0.134 e. The Balaban J connectivity index is 1.37. The molecule has 5 rings (SSSR count). The Hall–Kier alpha value is -2.38. The summed E-state index contributed by atoms with van der Waals surface area (Å²) in [6.45, 7) is 6.15. The summed E-state index contributed by atoms with van der Waals surface area (Å²) < 4.78 is 5.32. The predicted octanol–water partition coefficient (Wildman–Crippen LogP) is 1.81. The van der Waals surface area contributed by atoms with E-state index >= 15 is 0 Å². The second-order valence-corrected chi connectivity index (χ2v) is 7.43. The Morgan fingerprint density at radius 3 is 2.62 bits per heavy atom. The molecular weight excluding hydrogens is 328 g/mol. The Kier molecular flexibility index (Phi) is 3.90. The fraction of sp³-hybridized carbons (Fsp3) is 0.474. The number of rotatable bonds is 5. The van der Waals surface area contributed by atoms with Crippen LogP contribution in [0.5, 0.6) is 0 Å². The minimum atomic E-state index is 0.563. The van der Waals surface area contributed by atoms with Gasteiger partial charge in [-0.15, -0.1) is 0 Å². The van der Waals surface area contributed by atoms with Crippen molar-refractivity contribution in [3.05, 3.63) is 36.0 Å². The van der Waals surface area contributed by atoms with E-state index in [0.29, 0.717) is 17.6 Å². The van der Waals surface area contributed by atoms with Gasteiger partial charge in [0.1, 0.15) is 17.5 Å². The van der Waals surface area contributed by atoms with Crippen LogP contribution in [0.25, 0.3) is 0 Å². The molecule has 0 saturated carbocycles. The van der Waals surface area contributed by atoms with Crippen molar-refractivity contribution in [1.82, 2.24) is 14.9 Å². The predicted molar refractivity (Wildman–Crippen MR) is 102 cm³/mol. The summed E-state index contributed by atoms with van der Waals surface area (Å²) >= 11 is 0. The van der Waals surface area contributed by atoms with E-state index in [4.69, 9.17) is 15.5 Å². The zero-order chi connectivity index (χ0) is 17.5. The summed E-state index contributed by atoms with van der Waals surface area (Å²) in [5.74, 6) is 3.19. The summed E-state index contributed by atoms with van der Waals surface area (Å²) in [4.78, 5) is 14.0. The van der Waals surface area contributed by atoms with Crippen LogP contribution in [-0.4, -0.2) is 60.3 Å². The molecule has 0 spiro atoms. The molecule has 3 fully saturated rings. The van der Waals surface area contributed by atoms with Crippen LogP contribution in [0.15, 0.2) is 30.5 Å². The van der Waals surface area contributed by atoms with Crippen LogP contribution in [0.1, 0.15) is 17.9 Å². The van der Waals surface area contributed by atoms with Gasteiger partial charge in [-0.1, -0.05) is 0 Å². The molecule has 3 N–H and O–H groups in total. The number of hydrogen-bond acceptors (Lipinski definition) is 7. The third-order valence-electron chi connectivity index (χ3n) is 5.57. The van der Waals surface area contributed by atoms with Gasteiger partial charge in [0.25, 0.3) is 0 Å². The molecule has 7 nitrogen and oxygen atoms in total. The Bertz CT molecular complexity index is 798. The maximum absolute atomic E-state index is 5.87. The average molecular weight is 352 g/mol. The quantitative estimate of drug-likeness (QED) is 0.849. The smallest absolute Gasteiger partial charge is 0.134 e. The van der Waals surface area contributed by atoms with Crippen molar-refractivity contribution in [3.63, 3.8) is 0 Å². The van der Waals surface area contributed by atoms with Crippen LogP contribution in [0.4, 0.5) is 23.1 Å². The highest BCUT2D eigenvalue weighted by Gasteiger charge is 2.37. The first-order valence-electron chi connectivity index (χ1n) is 9.32. The van der Waals surface area contributed by atoms with Gasteiger partial charge >= 0.3 is 0 Å². The lowest BCUT2D eigenvalue weighted by atomic mass is 9.89. The third kappa shape index (κ3) is 2.97. The largest absolute Gasteiger partial charge is 0.399 e. The molecule has 7 heteroatoms. The molecule has 0 unspecified atom stereocenters. The maximum atomic E-state index is 5.87. The summed E-state index contributed by atoms with van der Waals surface area (Å²) in [7, 11) is 0. The van der Waals surface area contributed by atoms with Crippen molar-refractivity contribution < 1.29 is 4.74 Å². The fourth-order valence-corrected chi connectivity index (χ4v) is 3.65. The van der Waals surface area contributed by atoms with Gasteiger partial charge in [-0.25, -0.2) is 9.97 Å². The summed E-state index contributed by atoms with van der Waals surface area (Å²) in [6, 6.07) is 8.66. The van der Waals surface area contributed by atoms with E-state index in [2.05, 4.69) is 32.2 Å². The number of aromatic nitrogens is 2. The van der Waals surface area contributed by atoms with E-state index in [1.807, 2.05) is 6.07 Å². The van der Waals surface area contributed by atoms with E-state index in [1.165, 1.54) is 12.0 Å². The Labute approximate surface area is 153 Å². The van der Waals surface area contributed by atoms with Crippen LogP contribution in [0.2, 0.25) is 0 Å². The van der Waals surface area contributed by atoms with Crippen LogP contribution >= 0.6 is 0 Å². The molecule has 2 aromatic heterocycles. The highest BCUT2D eigenvalue weighted by molar-refractivity contribution is 5.60. The van der Waals surface area contributed by atoms with Crippen molar-refractivity contribution in [2.45, 2.75) is 18.4 Å². The summed E-state index contributed by atoms with van der Waals surface area (Å²) in [6.07, 6.45) is 2.95. The number of nitrogens with two attached hydrogens (primary N) is 1. The minimum Gasteiger partial charge on any atom is -0.399 e. The molecule has 3 aliphatic rings. The van der Waals surface area contributed by atoms with Crippen LogP contribution in [0.3, 0.4) is 0 Å². The van der Waals surface area contributed by atoms with E-state index in [0.717, 1.165) is 56.8 Å². The monoisotopic (exact) mass is 352 g/mol. The number of nitrogens with one attached hydrogen (secondary N) is 1. The molecule has 0 atom stereocenters. The second-order valence-electron chi connectivity index (χ2n) is 7.43. The lowest BCUT2D eigenvalue weighted by Gasteiger charge is -2.47. The molecule has 5 heterocycles. The first-order chi connectivity index (χ1) is 12.7. The molecule has 2 aromatic rings. The van der Waals surface area contributed by atoms with Gasteiger partial charge in [0, 0.05) is 50.0 Å². The van der Waals surface area contributed by atoms with Gasteiger partial charge in [-0.05, 0) is 30.2 Å². The molecular formula is C19H24N6O. The van der Waals surface area contributed by atoms with Gasteiger partial charge in [0.2, 0.25) is 0 Å². The summed E-state index contributed by atoms with van der Waals surface area (Å²) in [5.41, 5.74) is 7.91. The highest BCUT2D eigenvalue weighted by Crippen LogP contribution is 2.34. The van der Waals surface area contributed by atoms with Gasteiger partial charge in [-0.2, -0.15) is 0 Å². The minimum absolute atomic E-state index is 0.563. The number of ether oxygens (including phenoxy) is 1. The van der Waals surface area contributed by atoms with Crippen molar-refractivity contribution in [3.8, 4) is 0 Å².